The number of urea groups is 1. The second kappa shape index (κ2) is 8.43. The van der Waals surface area contributed by atoms with Crippen LogP contribution < -0.4 is 5.32 Å². The first kappa shape index (κ1) is 20.9. The topological polar surface area (TPSA) is 53.4 Å². The standard InChI is InChI=1S/C22H22F3N5O/c1-28-12-13-29(20(15-28)16-6-3-2-4-7-16)21(31)27-18-14-17(22(23,24)25)8-9-19(18)30-11-5-10-26-30/h2-11,14,20H,12-13,15H2,1H3,(H,27,31). The van der Waals surface area contributed by atoms with Crippen molar-refractivity contribution in [3.8, 4) is 5.69 Å². The number of amides is 2. The van der Waals surface area contributed by atoms with Gasteiger partial charge in [0.05, 0.1) is 23.0 Å². The van der Waals surface area contributed by atoms with Crippen molar-refractivity contribution < 1.29 is 18.0 Å². The van der Waals surface area contributed by atoms with Crippen molar-refractivity contribution in [2.75, 3.05) is 32.0 Å². The molecule has 6 nitrogen and oxygen atoms in total. The Hall–Kier alpha value is -3.33. The number of aromatic nitrogens is 2. The largest absolute Gasteiger partial charge is 0.416 e. The van der Waals surface area contributed by atoms with Crippen LogP contribution in [0.4, 0.5) is 23.7 Å². The molecule has 9 heteroatoms. The van der Waals surface area contributed by atoms with Crippen LogP contribution in [0.2, 0.25) is 0 Å². The molecule has 4 rings (SSSR count). The highest BCUT2D eigenvalue weighted by molar-refractivity contribution is 5.92. The zero-order valence-corrected chi connectivity index (χ0v) is 16.9. The number of alkyl halides is 3. The van der Waals surface area contributed by atoms with Crippen molar-refractivity contribution in [3.63, 3.8) is 0 Å². The van der Waals surface area contributed by atoms with Gasteiger partial charge in [0.1, 0.15) is 0 Å². The third kappa shape index (κ3) is 4.56. The first-order valence-corrected chi connectivity index (χ1v) is 9.85. The molecule has 0 radical (unpaired) electrons. The number of hydrogen-bond acceptors (Lipinski definition) is 3. The average molecular weight is 429 g/mol. The summed E-state index contributed by atoms with van der Waals surface area (Å²) in [5.74, 6) is 0. The highest BCUT2D eigenvalue weighted by Gasteiger charge is 2.33. The van der Waals surface area contributed by atoms with Gasteiger partial charge in [-0.15, -0.1) is 0 Å². The van der Waals surface area contributed by atoms with Crippen LogP contribution in [0.1, 0.15) is 17.2 Å². The number of carbonyl (C=O) groups is 1. The molecule has 0 bridgehead atoms. The van der Waals surface area contributed by atoms with E-state index < -0.39 is 17.8 Å². The van der Waals surface area contributed by atoms with E-state index in [0.717, 1.165) is 17.7 Å². The van der Waals surface area contributed by atoms with Gasteiger partial charge in [-0.1, -0.05) is 30.3 Å². The number of rotatable bonds is 3. The summed E-state index contributed by atoms with van der Waals surface area (Å²) in [5, 5.41) is 6.80. The molecule has 2 heterocycles. The number of benzene rings is 2. The maximum absolute atomic E-state index is 13.3. The SMILES string of the molecule is CN1CCN(C(=O)Nc2cc(C(F)(F)F)ccc2-n2cccn2)C(c2ccccc2)C1. The quantitative estimate of drug-likeness (QED) is 0.671. The number of carbonyl (C=O) groups excluding carboxylic acids is 1. The number of likely N-dealkylation sites (N-methyl/N-ethyl adjacent to an activating group) is 1. The Bertz CT molecular complexity index is 1040. The first-order valence-electron chi connectivity index (χ1n) is 9.85. The van der Waals surface area contributed by atoms with Crippen LogP contribution in [-0.2, 0) is 6.18 Å². The van der Waals surface area contributed by atoms with Crippen molar-refractivity contribution in [2.45, 2.75) is 12.2 Å². The van der Waals surface area contributed by atoms with Gasteiger partial charge in [-0.25, -0.2) is 9.48 Å². The Labute approximate surface area is 177 Å². The Kier molecular flexibility index (Phi) is 5.69. The van der Waals surface area contributed by atoms with Gasteiger partial charge in [0, 0.05) is 32.0 Å². The van der Waals surface area contributed by atoms with E-state index in [1.807, 2.05) is 37.4 Å². The molecule has 3 aromatic rings. The highest BCUT2D eigenvalue weighted by atomic mass is 19.4. The Morgan fingerprint density at radius 3 is 2.55 bits per heavy atom. The molecule has 1 aromatic heterocycles. The summed E-state index contributed by atoms with van der Waals surface area (Å²) < 4.78 is 41.4. The lowest BCUT2D eigenvalue weighted by Gasteiger charge is -2.40. The van der Waals surface area contributed by atoms with E-state index in [2.05, 4.69) is 15.3 Å². The number of nitrogens with one attached hydrogen (secondary N) is 1. The van der Waals surface area contributed by atoms with Crippen molar-refractivity contribution in [1.29, 1.82) is 0 Å². The summed E-state index contributed by atoms with van der Waals surface area (Å²) >= 11 is 0. The van der Waals surface area contributed by atoms with Gasteiger partial charge in [-0.2, -0.15) is 18.3 Å². The lowest BCUT2D eigenvalue weighted by atomic mass is 10.0. The minimum absolute atomic E-state index is 0.0502. The summed E-state index contributed by atoms with van der Waals surface area (Å²) in [6, 6.07) is 13.9. The molecule has 1 aliphatic heterocycles. The van der Waals surface area contributed by atoms with Gasteiger partial charge in [0.15, 0.2) is 0 Å². The van der Waals surface area contributed by atoms with Crippen molar-refractivity contribution >= 4 is 11.7 Å². The predicted molar refractivity (Wildman–Crippen MR) is 111 cm³/mol. The van der Waals surface area contributed by atoms with E-state index in [0.29, 0.717) is 25.3 Å². The summed E-state index contributed by atoms with van der Waals surface area (Å²) in [7, 11) is 1.98. The summed E-state index contributed by atoms with van der Waals surface area (Å²) in [6.45, 7) is 1.76. The molecule has 1 fully saturated rings. The van der Waals surface area contributed by atoms with E-state index in [1.165, 1.54) is 16.9 Å². The van der Waals surface area contributed by atoms with Gasteiger partial charge in [0.25, 0.3) is 0 Å². The van der Waals surface area contributed by atoms with Crippen molar-refractivity contribution in [3.05, 3.63) is 78.1 Å². The molecule has 1 atom stereocenters. The minimum atomic E-state index is -4.53. The molecule has 1 saturated heterocycles. The van der Waals surface area contributed by atoms with E-state index >= 15 is 0 Å². The highest BCUT2D eigenvalue weighted by Crippen LogP contribution is 2.34. The molecular weight excluding hydrogens is 407 g/mol. The minimum Gasteiger partial charge on any atom is -0.315 e. The summed E-state index contributed by atoms with van der Waals surface area (Å²) in [6.07, 6.45) is -1.39. The van der Waals surface area contributed by atoms with E-state index in [9.17, 15) is 18.0 Å². The summed E-state index contributed by atoms with van der Waals surface area (Å²) in [4.78, 5) is 17.0. The molecular formula is C22H22F3N5O. The zero-order chi connectivity index (χ0) is 22.0. The maximum atomic E-state index is 13.3. The van der Waals surface area contributed by atoms with Crippen LogP contribution in [0, 0.1) is 0 Å². The zero-order valence-electron chi connectivity index (χ0n) is 16.9. The molecule has 2 amide bonds. The first-order chi connectivity index (χ1) is 14.8. The van der Waals surface area contributed by atoms with Gasteiger partial charge in [-0.3, -0.25) is 0 Å². The molecule has 1 aliphatic rings. The van der Waals surface area contributed by atoms with Crippen LogP contribution in [0.3, 0.4) is 0 Å². The third-order valence-corrected chi connectivity index (χ3v) is 5.35. The smallest absolute Gasteiger partial charge is 0.315 e. The Balaban J connectivity index is 1.66. The van der Waals surface area contributed by atoms with Gasteiger partial charge in [-0.05, 0) is 36.9 Å². The van der Waals surface area contributed by atoms with E-state index in [1.54, 1.807) is 17.2 Å². The normalized spacial score (nSPS) is 17.5. The lowest BCUT2D eigenvalue weighted by molar-refractivity contribution is -0.137. The van der Waals surface area contributed by atoms with Gasteiger partial charge < -0.3 is 15.1 Å². The van der Waals surface area contributed by atoms with Crippen LogP contribution in [0.15, 0.2) is 67.0 Å². The van der Waals surface area contributed by atoms with E-state index in [4.69, 9.17) is 0 Å². The monoisotopic (exact) mass is 429 g/mol. The maximum Gasteiger partial charge on any atom is 0.416 e. The van der Waals surface area contributed by atoms with E-state index in [-0.39, 0.29) is 11.7 Å². The fourth-order valence-electron chi connectivity index (χ4n) is 3.73. The van der Waals surface area contributed by atoms with Crippen molar-refractivity contribution in [1.82, 2.24) is 19.6 Å². The Morgan fingerprint density at radius 1 is 1.10 bits per heavy atom. The molecule has 0 saturated carbocycles. The summed E-state index contributed by atoms with van der Waals surface area (Å²) in [5.41, 5.74) is 0.545. The second-order valence-electron chi connectivity index (χ2n) is 7.49. The molecule has 1 unspecified atom stereocenters. The average Bonchev–Trinajstić information content (AvgIpc) is 3.28. The van der Waals surface area contributed by atoms with Crippen LogP contribution in [0.25, 0.3) is 5.69 Å². The molecule has 162 valence electrons. The fraction of sp³-hybridized carbons (Fsp3) is 0.273. The predicted octanol–water partition coefficient (Wildman–Crippen LogP) is 4.41. The van der Waals surface area contributed by atoms with Gasteiger partial charge in [0.2, 0.25) is 0 Å². The number of piperazine rings is 1. The Morgan fingerprint density at radius 2 is 1.87 bits per heavy atom. The second-order valence-corrected chi connectivity index (χ2v) is 7.49. The van der Waals surface area contributed by atoms with Gasteiger partial charge >= 0.3 is 12.2 Å². The fourth-order valence-corrected chi connectivity index (χ4v) is 3.73. The number of halogens is 3. The number of anilines is 1. The van der Waals surface area contributed by atoms with Crippen LogP contribution in [0.5, 0.6) is 0 Å². The molecule has 0 aliphatic carbocycles. The van der Waals surface area contributed by atoms with Crippen LogP contribution >= 0.6 is 0 Å². The molecule has 2 aromatic carbocycles. The number of nitrogens with zero attached hydrogens (tertiary/aromatic N) is 4. The molecule has 31 heavy (non-hydrogen) atoms. The number of hydrogen-bond donors (Lipinski definition) is 1. The van der Waals surface area contributed by atoms with Crippen LogP contribution in [-0.4, -0.2) is 52.3 Å². The third-order valence-electron chi connectivity index (χ3n) is 5.35. The van der Waals surface area contributed by atoms with Crippen molar-refractivity contribution in [2.24, 2.45) is 0 Å². The lowest BCUT2D eigenvalue weighted by Crippen LogP contribution is -2.50. The molecule has 1 N–H and O–H groups in total. The molecule has 0 spiro atoms.